The minimum atomic E-state index is -0.744. The number of carbonyl (C=O) groups is 3. The van der Waals surface area contributed by atoms with Crippen LogP contribution in [-0.2, 0) is 14.1 Å². The summed E-state index contributed by atoms with van der Waals surface area (Å²) < 4.78 is 3.05. The van der Waals surface area contributed by atoms with Gasteiger partial charge in [-0.05, 0) is 12.1 Å². The van der Waals surface area contributed by atoms with Crippen LogP contribution < -0.4 is 21.7 Å². The van der Waals surface area contributed by atoms with E-state index in [1.54, 1.807) is 24.9 Å². The molecular weight excluding hydrogens is 430 g/mol. The number of hydrogen-bond donors (Lipinski definition) is 5. The van der Waals surface area contributed by atoms with Gasteiger partial charge in [0.05, 0.1) is 22.5 Å². The maximum absolute atomic E-state index is 12.6. The van der Waals surface area contributed by atoms with E-state index in [1.165, 1.54) is 29.9 Å². The van der Waals surface area contributed by atoms with Crippen molar-refractivity contribution in [1.82, 2.24) is 19.5 Å². The SMILES string of the molecule is CN(N=O)C(=O)Nc1cc(C(=O)Nc2cc(C(=O)NCCC(=N)N)n(C)c2)n(C)c1.Cl. The van der Waals surface area contributed by atoms with Crippen molar-refractivity contribution in [2.45, 2.75) is 6.42 Å². The average molecular weight is 454 g/mol. The van der Waals surface area contributed by atoms with Crippen molar-refractivity contribution in [1.29, 1.82) is 5.41 Å². The fraction of sp³-hybridized carbons (Fsp3) is 0.294. The van der Waals surface area contributed by atoms with Crippen LogP contribution in [0.2, 0.25) is 0 Å². The summed E-state index contributed by atoms with van der Waals surface area (Å²) in [7, 11) is 4.47. The number of nitrogens with two attached hydrogens (primary N) is 1. The summed E-state index contributed by atoms with van der Waals surface area (Å²) in [4.78, 5) is 46.9. The third-order valence-corrected chi connectivity index (χ3v) is 4.08. The predicted molar refractivity (Wildman–Crippen MR) is 117 cm³/mol. The fourth-order valence-electron chi connectivity index (χ4n) is 2.56. The van der Waals surface area contributed by atoms with Crippen LogP contribution in [0.3, 0.4) is 0 Å². The molecule has 0 aliphatic rings. The number of urea groups is 1. The highest BCUT2D eigenvalue weighted by atomic mass is 35.5. The second-order valence-corrected chi connectivity index (χ2v) is 6.47. The zero-order chi connectivity index (χ0) is 22.4. The minimum absolute atomic E-state index is 0. The van der Waals surface area contributed by atoms with E-state index < -0.39 is 11.9 Å². The topological polar surface area (TPSA) is 180 Å². The van der Waals surface area contributed by atoms with E-state index in [0.717, 1.165) is 0 Å². The maximum Gasteiger partial charge on any atom is 0.344 e. The van der Waals surface area contributed by atoms with E-state index in [9.17, 15) is 19.3 Å². The Morgan fingerprint density at radius 3 is 2.10 bits per heavy atom. The lowest BCUT2D eigenvalue weighted by Crippen LogP contribution is -2.28. The number of aromatic nitrogens is 2. The number of hydrogen-bond acceptors (Lipinski definition) is 6. The summed E-state index contributed by atoms with van der Waals surface area (Å²) >= 11 is 0. The van der Waals surface area contributed by atoms with Crippen LogP contribution in [0.4, 0.5) is 16.2 Å². The van der Waals surface area contributed by atoms with Gasteiger partial charge in [0.2, 0.25) is 0 Å². The lowest BCUT2D eigenvalue weighted by molar-refractivity contribution is 0.0945. The van der Waals surface area contributed by atoms with Gasteiger partial charge < -0.3 is 30.8 Å². The summed E-state index contributed by atoms with van der Waals surface area (Å²) in [5, 5.41) is 18.0. The standard InChI is InChI=1S/C17H23N9O4.ClH/c1-24-8-10(6-12(24)15(27)20-5-4-14(18)19)21-16(28)13-7-11(9-25(13)2)22-17(29)26(3)23-30;/h6-9H,4-5H2,1-3H3,(H3,18,19)(H,20,27)(H,21,28)(H,22,29);1H. The molecule has 4 amide bonds. The molecule has 0 aliphatic carbocycles. The maximum atomic E-state index is 12.6. The number of nitrogens with zero attached hydrogens (tertiary/aromatic N) is 4. The number of aryl methyl sites for hydroxylation is 2. The lowest BCUT2D eigenvalue weighted by atomic mass is 10.3. The van der Waals surface area contributed by atoms with E-state index in [-0.39, 0.29) is 42.8 Å². The molecule has 0 saturated carbocycles. The lowest BCUT2D eigenvalue weighted by Gasteiger charge is -2.06. The molecule has 6 N–H and O–H groups in total. The minimum Gasteiger partial charge on any atom is -0.388 e. The Morgan fingerprint density at radius 1 is 1.06 bits per heavy atom. The first kappa shape index (κ1) is 25.2. The van der Waals surface area contributed by atoms with Crippen LogP contribution in [0.15, 0.2) is 29.8 Å². The molecule has 2 aromatic heterocycles. The Hall–Kier alpha value is -3.87. The molecule has 0 aliphatic heterocycles. The van der Waals surface area contributed by atoms with E-state index >= 15 is 0 Å². The van der Waals surface area contributed by atoms with Crippen molar-refractivity contribution in [3.8, 4) is 0 Å². The summed E-state index contributed by atoms with van der Waals surface area (Å²) in [6.07, 6.45) is 3.32. The van der Waals surface area contributed by atoms with Gasteiger partial charge in [0, 0.05) is 46.5 Å². The monoisotopic (exact) mass is 453 g/mol. The predicted octanol–water partition coefficient (Wildman–Crippen LogP) is 1.24. The van der Waals surface area contributed by atoms with Gasteiger partial charge in [0.1, 0.15) is 11.4 Å². The molecule has 0 unspecified atom stereocenters. The normalized spacial score (nSPS) is 9.90. The molecule has 0 atom stereocenters. The van der Waals surface area contributed by atoms with Crippen molar-refractivity contribution in [2.24, 2.45) is 25.1 Å². The average Bonchev–Trinajstić information content (AvgIpc) is 3.22. The highest BCUT2D eigenvalue weighted by molar-refractivity contribution is 6.05. The number of nitrogens with one attached hydrogen (secondary N) is 4. The molecule has 2 heterocycles. The van der Waals surface area contributed by atoms with Gasteiger partial charge in [-0.2, -0.15) is 5.01 Å². The molecule has 0 saturated heterocycles. The van der Waals surface area contributed by atoms with E-state index in [4.69, 9.17) is 11.1 Å². The van der Waals surface area contributed by atoms with Gasteiger partial charge in [0.25, 0.3) is 11.8 Å². The molecule has 2 rings (SSSR count). The first-order valence-electron chi connectivity index (χ1n) is 8.75. The summed E-state index contributed by atoms with van der Waals surface area (Å²) in [6, 6.07) is 2.20. The van der Waals surface area contributed by atoms with Crippen molar-refractivity contribution < 1.29 is 14.4 Å². The zero-order valence-corrected chi connectivity index (χ0v) is 17.9. The highest BCUT2D eigenvalue weighted by Gasteiger charge is 2.17. The van der Waals surface area contributed by atoms with Crippen molar-refractivity contribution in [2.75, 3.05) is 24.2 Å². The van der Waals surface area contributed by atoms with Crippen LogP contribution in [0.5, 0.6) is 0 Å². The molecule has 14 heteroatoms. The largest absolute Gasteiger partial charge is 0.388 e. The number of amidine groups is 1. The van der Waals surface area contributed by atoms with Gasteiger partial charge in [0.15, 0.2) is 0 Å². The zero-order valence-electron chi connectivity index (χ0n) is 17.1. The molecule has 13 nitrogen and oxygen atoms in total. The van der Waals surface area contributed by atoms with Crippen LogP contribution >= 0.6 is 12.4 Å². The molecule has 0 aromatic carbocycles. The molecule has 0 radical (unpaired) electrons. The van der Waals surface area contributed by atoms with Gasteiger partial charge in [-0.1, -0.05) is 0 Å². The Morgan fingerprint density at radius 2 is 1.58 bits per heavy atom. The molecule has 168 valence electrons. The van der Waals surface area contributed by atoms with Gasteiger partial charge in [-0.3, -0.25) is 15.0 Å². The first-order chi connectivity index (χ1) is 14.1. The molecule has 0 fully saturated rings. The number of anilines is 2. The summed E-state index contributed by atoms with van der Waals surface area (Å²) in [6.45, 7) is 0.230. The number of amides is 4. The first-order valence-corrected chi connectivity index (χ1v) is 8.75. The number of carbonyl (C=O) groups excluding carboxylic acids is 3. The van der Waals surface area contributed by atoms with Crippen molar-refractivity contribution >= 4 is 47.5 Å². The Kier molecular flexibility index (Phi) is 8.75. The van der Waals surface area contributed by atoms with Crippen molar-refractivity contribution in [3.63, 3.8) is 0 Å². The third-order valence-electron chi connectivity index (χ3n) is 4.08. The van der Waals surface area contributed by atoms with Crippen LogP contribution in [0.25, 0.3) is 0 Å². The Balaban J connectivity index is 0.00000480. The molecule has 0 bridgehead atoms. The number of nitroso groups, excluding NO2 is 1. The Bertz CT molecular complexity index is 998. The van der Waals surface area contributed by atoms with Gasteiger partial charge >= 0.3 is 6.03 Å². The van der Waals surface area contributed by atoms with E-state index in [2.05, 4.69) is 21.2 Å². The fourth-order valence-corrected chi connectivity index (χ4v) is 2.56. The quantitative estimate of drug-likeness (QED) is 0.174. The van der Waals surface area contributed by atoms with Gasteiger partial charge in [-0.25, -0.2) is 4.79 Å². The van der Waals surface area contributed by atoms with E-state index in [0.29, 0.717) is 22.1 Å². The summed E-state index contributed by atoms with van der Waals surface area (Å²) in [5.41, 5.74) is 6.52. The molecule has 0 spiro atoms. The Labute approximate surface area is 183 Å². The highest BCUT2D eigenvalue weighted by Crippen LogP contribution is 2.17. The smallest absolute Gasteiger partial charge is 0.344 e. The number of halogens is 1. The molecule has 2 aromatic rings. The second kappa shape index (κ2) is 10.8. The van der Waals surface area contributed by atoms with Crippen LogP contribution in [0.1, 0.15) is 27.4 Å². The van der Waals surface area contributed by atoms with Crippen LogP contribution in [0, 0.1) is 10.3 Å². The molecular formula is C17H24ClN9O4. The van der Waals surface area contributed by atoms with E-state index in [1.807, 2.05) is 0 Å². The third kappa shape index (κ3) is 6.57. The van der Waals surface area contributed by atoms with Gasteiger partial charge in [-0.15, -0.1) is 17.3 Å². The molecule has 31 heavy (non-hydrogen) atoms. The summed E-state index contributed by atoms with van der Waals surface area (Å²) in [5.74, 6) is -0.854. The van der Waals surface area contributed by atoms with Crippen molar-refractivity contribution in [3.05, 3.63) is 40.8 Å². The second-order valence-electron chi connectivity index (χ2n) is 6.47. The number of rotatable bonds is 8. The van der Waals surface area contributed by atoms with Crippen LogP contribution in [-0.4, -0.2) is 51.4 Å².